The molecule has 0 aliphatic rings. The average molecular weight is 254 g/mol. The number of hydrogen-bond donors (Lipinski definition) is 1. The van der Waals surface area contributed by atoms with Crippen molar-refractivity contribution in [2.24, 2.45) is 0 Å². The molecule has 2 aromatic rings. The van der Waals surface area contributed by atoms with Gasteiger partial charge in [0.2, 0.25) is 0 Å². The fourth-order valence-electron chi connectivity index (χ4n) is 2.43. The lowest BCUT2D eigenvalue weighted by atomic mass is 9.79. The molecule has 0 saturated heterocycles. The number of aromatic hydroxyl groups is 1. The van der Waals surface area contributed by atoms with Crippen molar-refractivity contribution in [1.82, 2.24) is 0 Å². The molecular weight excluding hydrogens is 232 g/mol. The molecule has 1 heteroatoms. The molecule has 2 rings (SSSR count). The Morgan fingerprint density at radius 3 is 2.16 bits per heavy atom. The maximum Gasteiger partial charge on any atom is 0.115 e. The molecule has 0 radical (unpaired) electrons. The van der Waals surface area contributed by atoms with Gasteiger partial charge in [-0.1, -0.05) is 57.2 Å². The molecule has 0 bridgehead atoms. The lowest BCUT2D eigenvalue weighted by Crippen LogP contribution is -2.20. The minimum absolute atomic E-state index is 0.0203. The van der Waals surface area contributed by atoms with E-state index in [0.29, 0.717) is 5.75 Å². The third-order valence-electron chi connectivity index (χ3n) is 3.70. The molecule has 0 aliphatic heterocycles. The highest BCUT2D eigenvalue weighted by molar-refractivity contribution is 5.34. The number of phenols is 1. The number of rotatable bonds is 4. The summed E-state index contributed by atoms with van der Waals surface area (Å²) in [6.07, 6.45) is 2.05. The van der Waals surface area contributed by atoms with Crippen molar-refractivity contribution in [1.29, 1.82) is 0 Å². The van der Waals surface area contributed by atoms with Gasteiger partial charge in [-0.15, -0.1) is 0 Å². The SMILES string of the molecule is CCc1ccc(CC(C)(C)c2cccc(O)c2)cc1. The summed E-state index contributed by atoms with van der Waals surface area (Å²) < 4.78 is 0. The Bertz CT molecular complexity index is 538. The number of benzene rings is 2. The van der Waals surface area contributed by atoms with E-state index in [-0.39, 0.29) is 5.41 Å². The van der Waals surface area contributed by atoms with Crippen LogP contribution in [0.2, 0.25) is 0 Å². The summed E-state index contributed by atoms with van der Waals surface area (Å²) in [6, 6.07) is 16.4. The van der Waals surface area contributed by atoms with Crippen LogP contribution in [0.3, 0.4) is 0 Å². The smallest absolute Gasteiger partial charge is 0.115 e. The van der Waals surface area contributed by atoms with Gasteiger partial charge in [-0.05, 0) is 47.1 Å². The second kappa shape index (κ2) is 5.48. The standard InChI is InChI=1S/C18H22O/c1-4-14-8-10-15(11-9-14)13-18(2,3)16-6-5-7-17(19)12-16/h5-12,19H,4,13H2,1-3H3. The summed E-state index contributed by atoms with van der Waals surface area (Å²) >= 11 is 0. The van der Waals surface area contributed by atoms with E-state index in [9.17, 15) is 5.11 Å². The first-order chi connectivity index (χ1) is 9.01. The second-order valence-electron chi connectivity index (χ2n) is 5.78. The van der Waals surface area contributed by atoms with Crippen molar-refractivity contribution in [2.75, 3.05) is 0 Å². The summed E-state index contributed by atoms with van der Waals surface area (Å²) in [5.74, 6) is 0.340. The lowest BCUT2D eigenvalue weighted by Gasteiger charge is -2.25. The van der Waals surface area contributed by atoms with Crippen LogP contribution in [0, 0.1) is 0 Å². The van der Waals surface area contributed by atoms with E-state index < -0.39 is 0 Å². The van der Waals surface area contributed by atoms with E-state index >= 15 is 0 Å². The summed E-state index contributed by atoms with van der Waals surface area (Å²) in [4.78, 5) is 0. The molecule has 1 nitrogen and oxygen atoms in total. The second-order valence-corrected chi connectivity index (χ2v) is 5.78. The van der Waals surface area contributed by atoms with Crippen LogP contribution in [-0.2, 0) is 18.3 Å². The van der Waals surface area contributed by atoms with Gasteiger partial charge >= 0.3 is 0 Å². The van der Waals surface area contributed by atoms with Crippen LogP contribution < -0.4 is 0 Å². The molecule has 0 heterocycles. The maximum absolute atomic E-state index is 9.61. The Kier molecular flexibility index (Phi) is 3.94. The van der Waals surface area contributed by atoms with Gasteiger partial charge in [0.05, 0.1) is 0 Å². The van der Waals surface area contributed by atoms with Crippen LogP contribution in [0.4, 0.5) is 0 Å². The monoisotopic (exact) mass is 254 g/mol. The molecule has 1 N–H and O–H groups in total. The topological polar surface area (TPSA) is 20.2 Å². The molecule has 0 amide bonds. The van der Waals surface area contributed by atoms with Gasteiger partial charge in [-0.2, -0.15) is 0 Å². The number of hydrogen-bond acceptors (Lipinski definition) is 1. The first kappa shape index (κ1) is 13.7. The van der Waals surface area contributed by atoms with Crippen molar-refractivity contribution >= 4 is 0 Å². The zero-order chi connectivity index (χ0) is 13.9. The Morgan fingerprint density at radius 2 is 1.58 bits per heavy atom. The number of aryl methyl sites for hydroxylation is 1. The largest absolute Gasteiger partial charge is 0.508 e. The van der Waals surface area contributed by atoms with Crippen molar-refractivity contribution in [3.05, 3.63) is 65.2 Å². The third kappa shape index (κ3) is 3.37. The minimum atomic E-state index is 0.0203. The van der Waals surface area contributed by atoms with Crippen LogP contribution >= 0.6 is 0 Å². The molecular formula is C18H22O. The first-order valence-electron chi connectivity index (χ1n) is 6.88. The highest BCUT2D eigenvalue weighted by Crippen LogP contribution is 2.29. The molecule has 0 atom stereocenters. The molecule has 0 aromatic heterocycles. The van der Waals surface area contributed by atoms with E-state index in [1.807, 2.05) is 12.1 Å². The van der Waals surface area contributed by atoms with Crippen LogP contribution in [0.5, 0.6) is 5.75 Å². The highest BCUT2D eigenvalue weighted by atomic mass is 16.3. The molecule has 0 fully saturated rings. The predicted molar refractivity (Wildman–Crippen MR) is 80.7 cm³/mol. The van der Waals surface area contributed by atoms with Gasteiger partial charge in [0.1, 0.15) is 5.75 Å². The van der Waals surface area contributed by atoms with Crippen LogP contribution in [0.1, 0.15) is 37.5 Å². The normalized spacial score (nSPS) is 11.5. The quantitative estimate of drug-likeness (QED) is 0.853. The third-order valence-corrected chi connectivity index (χ3v) is 3.70. The molecule has 0 aliphatic carbocycles. The first-order valence-corrected chi connectivity index (χ1v) is 6.88. The van der Waals surface area contributed by atoms with Crippen molar-refractivity contribution in [3.8, 4) is 5.75 Å². The van der Waals surface area contributed by atoms with Gasteiger partial charge < -0.3 is 5.11 Å². The minimum Gasteiger partial charge on any atom is -0.508 e. The fraction of sp³-hybridized carbons (Fsp3) is 0.333. The fourth-order valence-corrected chi connectivity index (χ4v) is 2.43. The zero-order valence-electron chi connectivity index (χ0n) is 12.0. The van der Waals surface area contributed by atoms with Crippen LogP contribution in [0.15, 0.2) is 48.5 Å². The van der Waals surface area contributed by atoms with E-state index in [0.717, 1.165) is 12.8 Å². The average Bonchev–Trinajstić information content (AvgIpc) is 2.39. The molecule has 2 aromatic carbocycles. The lowest BCUT2D eigenvalue weighted by molar-refractivity contribution is 0.467. The maximum atomic E-state index is 9.61. The van der Waals surface area contributed by atoms with Gasteiger partial charge in [0, 0.05) is 0 Å². The Morgan fingerprint density at radius 1 is 0.947 bits per heavy atom. The molecule has 0 spiro atoms. The number of phenolic OH excluding ortho intramolecular Hbond substituents is 1. The van der Waals surface area contributed by atoms with Gasteiger partial charge in [-0.25, -0.2) is 0 Å². The summed E-state index contributed by atoms with van der Waals surface area (Å²) in [7, 11) is 0. The van der Waals surface area contributed by atoms with E-state index in [1.54, 1.807) is 6.07 Å². The summed E-state index contributed by atoms with van der Waals surface area (Å²) in [5, 5.41) is 9.61. The van der Waals surface area contributed by atoms with Crippen molar-refractivity contribution in [3.63, 3.8) is 0 Å². The molecule has 100 valence electrons. The van der Waals surface area contributed by atoms with Gasteiger partial charge in [0.15, 0.2) is 0 Å². The van der Waals surface area contributed by atoms with Crippen LogP contribution in [0.25, 0.3) is 0 Å². The van der Waals surface area contributed by atoms with E-state index in [1.165, 1.54) is 16.7 Å². The molecule has 0 unspecified atom stereocenters. The Balaban J connectivity index is 2.20. The molecule has 19 heavy (non-hydrogen) atoms. The summed E-state index contributed by atoms with van der Waals surface area (Å²) in [6.45, 7) is 6.61. The predicted octanol–water partition coefficient (Wildman–Crippen LogP) is 4.47. The van der Waals surface area contributed by atoms with Crippen molar-refractivity contribution in [2.45, 2.75) is 39.0 Å². The Labute approximate surface area is 115 Å². The van der Waals surface area contributed by atoms with E-state index in [2.05, 4.69) is 51.1 Å². The summed E-state index contributed by atoms with van der Waals surface area (Å²) in [5.41, 5.74) is 3.91. The van der Waals surface area contributed by atoms with Crippen molar-refractivity contribution < 1.29 is 5.11 Å². The van der Waals surface area contributed by atoms with E-state index in [4.69, 9.17) is 0 Å². The molecule has 0 saturated carbocycles. The highest BCUT2D eigenvalue weighted by Gasteiger charge is 2.21. The van der Waals surface area contributed by atoms with Gasteiger partial charge in [0.25, 0.3) is 0 Å². The van der Waals surface area contributed by atoms with Crippen LogP contribution in [-0.4, -0.2) is 5.11 Å². The Hall–Kier alpha value is -1.76. The zero-order valence-corrected chi connectivity index (χ0v) is 12.0. The van der Waals surface area contributed by atoms with Gasteiger partial charge in [-0.3, -0.25) is 0 Å².